The van der Waals surface area contributed by atoms with Crippen molar-refractivity contribution in [3.8, 4) is 6.07 Å². The molecule has 0 aromatic carbocycles. The van der Waals surface area contributed by atoms with E-state index in [-0.39, 0.29) is 0 Å². The van der Waals surface area contributed by atoms with E-state index in [9.17, 15) is 0 Å². The number of nitriles is 1. The van der Waals surface area contributed by atoms with Gasteiger partial charge in [-0.1, -0.05) is 19.8 Å². The van der Waals surface area contributed by atoms with Crippen LogP contribution in [0.5, 0.6) is 0 Å². The number of nitrogens with one attached hydrogen (secondary N) is 1. The van der Waals surface area contributed by atoms with Gasteiger partial charge in [-0.15, -0.1) is 0 Å². The molecule has 0 amide bonds. The number of anilines is 1. The minimum absolute atomic E-state index is 0.391. The monoisotopic (exact) mass is 215 g/mol. The first-order chi connectivity index (χ1) is 7.73. The Hall–Kier alpha value is -1.56. The predicted octanol–water partition coefficient (Wildman–Crippen LogP) is 2.95. The van der Waals surface area contributed by atoms with Crippen molar-refractivity contribution < 1.29 is 0 Å². The number of hydrogen-bond acceptors (Lipinski definition) is 3. The summed E-state index contributed by atoms with van der Waals surface area (Å²) in [5.41, 5.74) is 1.93. The summed E-state index contributed by atoms with van der Waals surface area (Å²) in [6.07, 6.45) is 8.61. The van der Waals surface area contributed by atoms with Gasteiger partial charge in [0.2, 0.25) is 0 Å². The molecule has 0 bridgehead atoms. The van der Waals surface area contributed by atoms with Gasteiger partial charge in [0.05, 0.1) is 17.4 Å². The second-order valence-corrected chi connectivity index (χ2v) is 4.90. The van der Waals surface area contributed by atoms with E-state index >= 15 is 0 Å². The van der Waals surface area contributed by atoms with E-state index in [0.29, 0.717) is 11.0 Å². The maximum Gasteiger partial charge on any atom is 0.101 e. The maximum atomic E-state index is 8.96. The lowest BCUT2D eigenvalue weighted by Gasteiger charge is -2.24. The second kappa shape index (κ2) is 4.52. The highest BCUT2D eigenvalue weighted by atomic mass is 14.9. The first kappa shape index (κ1) is 10.9. The fourth-order valence-electron chi connectivity index (χ4n) is 2.35. The van der Waals surface area contributed by atoms with Crippen molar-refractivity contribution in [1.29, 1.82) is 5.26 Å². The lowest BCUT2D eigenvalue weighted by atomic mass is 9.89. The minimum atomic E-state index is 0.391. The van der Waals surface area contributed by atoms with E-state index in [1.165, 1.54) is 25.7 Å². The lowest BCUT2D eigenvalue weighted by molar-refractivity contribution is 0.362. The van der Waals surface area contributed by atoms with Crippen molar-refractivity contribution in [2.75, 3.05) is 11.9 Å². The predicted molar refractivity (Wildman–Crippen MR) is 64.0 cm³/mol. The van der Waals surface area contributed by atoms with Crippen LogP contribution in [-0.2, 0) is 0 Å². The Morgan fingerprint density at radius 2 is 2.25 bits per heavy atom. The van der Waals surface area contributed by atoms with Crippen LogP contribution in [0, 0.1) is 16.7 Å². The Labute approximate surface area is 96.5 Å². The average molecular weight is 215 g/mol. The SMILES string of the molecule is CC1(CNc2cnccc2C#N)CCCC1. The first-order valence-corrected chi connectivity index (χ1v) is 5.81. The van der Waals surface area contributed by atoms with Crippen LogP contribution < -0.4 is 5.32 Å². The second-order valence-electron chi connectivity index (χ2n) is 4.90. The smallest absolute Gasteiger partial charge is 0.101 e. The highest BCUT2D eigenvalue weighted by molar-refractivity contribution is 5.55. The molecule has 0 unspecified atom stereocenters. The van der Waals surface area contributed by atoms with Gasteiger partial charge >= 0.3 is 0 Å². The summed E-state index contributed by atoms with van der Waals surface area (Å²) in [4.78, 5) is 4.05. The van der Waals surface area contributed by atoms with Gasteiger partial charge in [-0.3, -0.25) is 4.98 Å². The minimum Gasteiger partial charge on any atom is -0.382 e. The molecular formula is C13H17N3. The van der Waals surface area contributed by atoms with Crippen molar-refractivity contribution in [3.63, 3.8) is 0 Å². The van der Waals surface area contributed by atoms with Crippen LogP contribution in [0.25, 0.3) is 0 Å². The summed E-state index contributed by atoms with van der Waals surface area (Å²) >= 11 is 0. The van der Waals surface area contributed by atoms with E-state index in [1.807, 2.05) is 0 Å². The number of rotatable bonds is 3. The molecule has 1 aromatic rings. The average Bonchev–Trinajstić information content (AvgIpc) is 2.74. The Kier molecular flexibility index (Phi) is 3.09. The molecule has 16 heavy (non-hydrogen) atoms. The molecule has 1 aliphatic rings. The van der Waals surface area contributed by atoms with Crippen LogP contribution in [0.15, 0.2) is 18.5 Å². The van der Waals surface area contributed by atoms with Crippen LogP contribution in [-0.4, -0.2) is 11.5 Å². The Morgan fingerprint density at radius 1 is 1.50 bits per heavy atom. The third-order valence-corrected chi connectivity index (χ3v) is 3.46. The van der Waals surface area contributed by atoms with Crippen molar-refractivity contribution in [3.05, 3.63) is 24.0 Å². The summed E-state index contributed by atoms with van der Waals surface area (Å²) < 4.78 is 0. The van der Waals surface area contributed by atoms with Crippen molar-refractivity contribution >= 4 is 5.69 Å². The van der Waals surface area contributed by atoms with E-state index in [2.05, 4.69) is 23.3 Å². The van der Waals surface area contributed by atoms with Gasteiger partial charge in [0.15, 0.2) is 0 Å². The highest BCUT2D eigenvalue weighted by Crippen LogP contribution is 2.37. The Balaban J connectivity index is 2.02. The first-order valence-electron chi connectivity index (χ1n) is 5.81. The molecule has 0 atom stereocenters. The van der Waals surface area contributed by atoms with E-state index in [4.69, 9.17) is 5.26 Å². The standard InChI is InChI=1S/C13H17N3/c1-13(5-2-3-6-13)10-16-12-9-15-7-4-11(12)8-14/h4,7,9,16H,2-3,5-6,10H2,1H3. The maximum absolute atomic E-state index is 8.96. The van der Waals surface area contributed by atoms with Crippen LogP contribution in [0.4, 0.5) is 5.69 Å². The largest absolute Gasteiger partial charge is 0.382 e. The van der Waals surface area contributed by atoms with Crippen LogP contribution in [0.1, 0.15) is 38.2 Å². The molecule has 1 saturated carbocycles. The molecule has 0 aliphatic heterocycles. The summed E-state index contributed by atoms with van der Waals surface area (Å²) in [6.45, 7) is 3.25. The molecule has 1 fully saturated rings. The lowest BCUT2D eigenvalue weighted by Crippen LogP contribution is -2.23. The molecular weight excluding hydrogens is 198 g/mol. The van der Waals surface area contributed by atoms with Crippen molar-refractivity contribution in [2.45, 2.75) is 32.6 Å². The fraction of sp³-hybridized carbons (Fsp3) is 0.538. The van der Waals surface area contributed by atoms with Gasteiger partial charge in [-0.25, -0.2) is 0 Å². The van der Waals surface area contributed by atoms with Gasteiger partial charge in [-0.05, 0) is 24.3 Å². The number of hydrogen-bond donors (Lipinski definition) is 1. The zero-order valence-corrected chi connectivity index (χ0v) is 9.66. The summed E-state index contributed by atoms with van der Waals surface area (Å²) in [6, 6.07) is 3.93. The number of nitrogens with zero attached hydrogens (tertiary/aromatic N) is 2. The molecule has 84 valence electrons. The number of aromatic nitrogens is 1. The van der Waals surface area contributed by atoms with Gasteiger partial charge in [-0.2, -0.15) is 5.26 Å². The molecule has 1 aromatic heterocycles. The molecule has 1 aliphatic carbocycles. The normalized spacial score (nSPS) is 18.0. The fourth-order valence-corrected chi connectivity index (χ4v) is 2.35. The Bertz CT molecular complexity index is 400. The summed E-state index contributed by atoms with van der Waals surface area (Å²) in [5.74, 6) is 0. The van der Waals surface area contributed by atoms with E-state index in [0.717, 1.165) is 12.2 Å². The third-order valence-electron chi connectivity index (χ3n) is 3.46. The van der Waals surface area contributed by atoms with E-state index in [1.54, 1.807) is 18.5 Å². The summed E-state index contributed by atoms with van der Waals surface area (Å²) in [7, 11) is 0. The van der Waals surface area contributed by atoms with Crippen LogP contribution in [0.2, 0.25) is 0 Å². The molecule has 0 radical (unpaired) electrons. The van der Waals surface area contributed by atoms with E-state index < -0.39 is 0 Å². The Morgan fingerprint density at radius 3 is 2.94 bits per heavy atom. The van der Waals surface area contributed by atoms with Gasteiger partial charge in [0.25, 0.3) is 0 Å². The molecule has 1 heterocycles. The van der Waals surface area contributed by atoms with Gasteiger partial charge < -0.3 is 5.32 Å². The molecule has 1 N–H and O–H groups in total. The quantitative estimate of drug-likeness (QED) is 0.843. The molecule has 3 nitrogen and oxygen atoms in total. The topological polar surface area (TPSA) is 48.7 Å². The van der Waals surface area contributed by atoms with Crippen LogP contribution in [0.3, 0.4) is 0 Å². The third kappa shape index (κ3) is 2.33. The van der Waals surface area contributed by atoms with Crippen LogP contribution >= 0.6 is 0 Å². The zero-order valence-electron chi connectivity index (χ0n) is 9.66. The zero-order chi connectivity index (χ0) is 11.4. The van der Waals surface area contributed by atoms with Crippen molar-refractivity contribution in [1.82, 2.24) is 4.98 Å². The molecule has 0 saturated heterocycles. The van der Waals surface area contributed by atoms with Crippen molar-refractivity contribution in [2.24, 2.45) is 5.41 Å². The molecule has 3 heteroatoms. The molecule has 0 spiro atoms. The molecule has 2 rings (SSSR count). The number of pyridine rings is 1. The highest BCUT2D eigenvalue weighted by Gasteiger charge is 2.28. The van der Waals surface area contributed by atoms with Gasteiger partial charge in [0.1, 0.15) is 6.07 Å². The summed E-state index contributed by atoms with van der Waals surface area (Å²) in [5, 5.41) is 12.3. The van der Waals surface area contributed by atoms with Gasteiger partial charge in [0, 0.05) is 12.7 Å².